The van der Waals surface area contributed by atoms with Crippen molar-refractivity contribution < 1.29 is 18.8 Å². The smallest absolute Gasteiger partial charge is 0.323 e. The first-order valence-electron chi connectivity index (χ1n) is 11.6. The van der Waals surface area contributed by atoms with Crippen LogP contribution in [-0.4, -0.2) is 69.1 Å². The normalized spacial score (nSPS) is 16.5. The molecule has 0 bridgehead atoms. The number of hydrogen-bond acceptors (Lipinski definition) is 6. The number of rotatable bonds is 6. The number of urea groups is 1. The molecule has 2 N–H and O–H groups in total. The van der Waals surface area contributed by atoms with Crippen LogP contribution in [0.2, 0.25) is 5.02 Å². The van der Waals surface area contributed by atoms with Gasteiger partial charge >= 0.3 is 6.03 Å². The molecule has 1 aromatic carbocycles. The van der Waals surface area contributed by atoms with E-state index in [-0.39, 0.29) is 48.2 Å². The van der Waals surface area contributed by atoms with Crippen molar-refractivity contribution in [2.24, 2.45) is 0 Å². The highest BCUT2D eigenvalue weighted by atomic mass is 35.5. The molecular weight excluding hydrogens is 505 g/mol. The Morgan fingerprint density at radius 2 is 1.95 bits per heavy atom. The molecule has 192 valence electrons. The van der Waals surface area contributed by atoms with Gasteiger partial charge in [-0.05, 0) is 30.7 Å². The molecule has 2 aliphatic heterocycles. The van der Waals surface area contributed by atoms with Gasteiger partial charge in [-0.25, -0.2) is 19.2 Å². The monoisotopic (exact) mass is 527 g/mol. The van der Waals surface area contributed by atoms with Crippen LogP contribution < -0.4 is 21.1 Å². The van der Waals surface area contributed by atoms with E-state index >= 15 is 0 Å². The lowest BCUT2D eigenvalue weighted by atomic mass is 9.99. The van der Waals surface area contributed by atoms with Crippen LogP contribution in [0.4, 0.5) is 15.0 Å². The van der Waals surface area contributed by atoms with Gasteiger partial charge in [0.1, 0.15) is 23.3 Å². The van der Waals surface area contributed by atoms with Crippen LogP contribution in [0, 0.1) is 0 Å². The van der Waals surface area contributed by atoms with Crippen LogP contribution in [0.3, 0.4) is 0 Å². The number of nitrogens with one attached hydrogen (secondary N) is 2. The molecule has 0 aliphatic carbocycles. The molecule has 2 aliphatic rings. The van der Waals surface area contributed by atoms with Gasteiger partial charge in [0.2, 0.25) is 5.91 Å². The van der Waals surface area contributed by atoms with Crippen molar-refractivity contribution in [1.82, 2.24) is 30.1 Å². The van der Waals surface area contributed by atoms with Crippen LogP contribution in [0.15, 0.2) is 41.3 Å². The number of nitrogens with zero attached hydrogens (tertiary/aromatic N) is 5. The first kappa shape index (κ1) is 24.6. The molecule has 37 heavy (non-hydrogen) atoms. The van der Waals surface area contributed by atoms with Crippen molar-refractivity contribution in [1.29, 1.82) is 0 Å². The number of hydrogen-bond donors (Lipinski definition) is 2. The SMILES string of the molecule is CC1(F)CN(C(=O)Cn2c(=O)c(C(=O)NCc3ccc(Cl)cc3)cc3nc(N4CCNC4=O)cnc32)C1. The van der Waals surface area contributed by atoms with Crippen LogP contribution in [0.25, 0.3) is 11.2 Å². The number of pyridine rings is 1. The van der Waals surface area contributed by atoms with Crippen molar-refractivity contribution in [2.45, 2.75) is 25.7 Å². The quantitative estimate of drug-likeness (QED) is 0.499. The van der Waals surface area contributed by atoms with E-state index in [2.05, 4.69) is 20.6 Å². The summed E-state index contributed by atoms with van der Waals surface area (Å²) in [6.07, 6.45) is 1.33. The third kappa shape index (κ3) is 4.96. The molecule has 2 aromatic heterocycles. The summed E-state index contributed by atoms with van der Waals surface area (Å²) in [6, 6.07) is 7.80. The summed E-state index contributed by atoms with van der Waals surface area (Å²) in [5, 5.41) is 5.91. The van der Waals surface area contributed by atoms with Gasteiger partial charge in [0.15, 0.2) is 11.5 Å². The lowest BCUT2D eigenvalue weighted by molar-refractivity contribution is -0.144. The fourth-order valence-electron chi connectivity index (χ4n) is 4.30. The average Bonchev–Trinajstić information content (AvgIpc) is 3.28. The van der Waals surface area contributed by atoms with Gasteiger partial charge in [-0.2, -0.15) is 0 Å². The Morgan fingerprint density at radius 1 is 1.22 bits per heavy atom. The minimum Gasteiger partial charge on any atom is -0.348 e. The van der Waals surface area contributed by atoms with Crippen molar-refractivity contribution in [3.8, 4) is 0 Å². The highest BCUT2D eigenvalue weighted by Gasteiger charge is 2.41. The number of fused-ring (bicyclic) bond motifs is 1. The molecule has 0 saturated carbocycles. The molecule has 5 rings (SSSR count). The van der Waals surface area contributed by atoms with Gasteiger partial charge in [0, 0.05) is 24.7 Å². The third-order valence-electron chi connectivity index (χ3n) is 6.21. The van der Waals surface area contributed by atoms with Crippen molar-refractivity contribution in [3.05, 3.63) is 63.0 Å². The topological polar surface area (TPSA) is 130 Å². The standard InChI is InChI=1S/C24H23ClFN7O4/c1-24(26)12-31(13-24)19(34)11-33-20-17(30-18(10-28-20)32-7-6-27-23(32)37)8-16(22(33)36)21(35)29-9-14-2-4-15(25)5-3-14/h2-5,8,10H,6-7,9,11-13H2,1H3,(H,27,37)(H,29,35). The number of aromatic nitrogens is 3. The Bertz CT molecular complexity index is 1470. The largest absolute Gasteiger partial charge is 0.348 e. The van der Waals surface area contributed by atoms with E-state index in [0.717, 1.165) is 10.1 Å². The minimum absolute atomic E-state index is 0.0690. The molecule has 0 atom stereocenters. The lowest BCUT2D eigenvalue weighted by Crippen LogP contribution is -2.60. The summed E-state index contributed by atoms with van der Waals surface area (Å²) in [4.78, 5) is 62.7. The number of likely N-dealkylation sites (tertiary alicyclic amines) is 1. The zero-order chi connectivity index (χ0) is 26.3. The van der Waals surface area contributed by atoms with Gasteiger partial charge < -0.3 is 15.5 Å². The first-order chi connectivity index (χ1) is 17.6. The summed E-state index contributed by atoms with van der Waals surface area (Å²) in [5.74, 6) is -0.918. The third-order valence-corrected chi connectivity index (χ3v) is 6.46. The lowest BCUT2D eigenvalue weighted by Gasteiger charge is -2.42. The Kier molecular flexibility index (Phi) is 6.28. The number of amides is 4. The molecule has 2 saturated heterocycles. The van der Waals surface area contributed by atoms with Crippen molar-refractivity contribution in [2.75, 3.05) is 31.1 Å². The van der Waals surface area contributed by atoms with E-state index in [4.69, 9.17) is 11.6 Å². The second-order valence-electron chi connectivity index (χ2n) is 9.24. The Hall–Kier alpha value is -4.06. The second-order valence-corrected chi connectivity index (χ2v) is 9.68. The maximum atomic E-state index is 13.9. The van der Waals surface area contributed by atoms with E-state index in [9.17, 15) is 23.6 Å². The number of benzene rings is 1. The maximum Gasteiger partial charge on any atom is 0.323 e. The van der Waals surface area contributed by atoms with Gasteiger partial charge in [0.25, 0.3) is 11.5 Å². The average molecular weight is 528 g/mol. The highest BCUT2D eigenvalue weighted by molar-refractivity contribution is 6.30. The number of carbonyl (C=O) groups excluding carboxylic acids is 3. The molecule has 13 heteroatoms. The fourth-order valence-corrected chi connectivity index (χ4v) is 4.43. The predicted molar refractivity (Wildman–Crippen MR) is 133 cm³/mol. The Balaban J connectivity index is 1.50. The zero-order valence-corrected chi connectivity index (χ0v) is 20.6. The van der Waals surface area contributed by atoms with Gasteiger partial charge in [-0.15, -0.1) is 0 Å². The summed E-state index contributed by atoms with van der Waals surface area (Å²) >= 11 is 5.90. The van der Waals surface area contributed by atoms with Crippen LogP contribution >= 0.6 is 11.6 Å². The number of carbonyl (C=O) groups is 3. The van der Waals surface area contributed by atoms with E-state index < -0.39 is 29.6 Å². The summed E-state index contributed by atoms with van der Waals surface area (Å²) in [5.41, 5.74) is -1.47. The van der Waals surface area contributed by atoms with E-state index in [1.807, 2.05) is 0 Å². The fraction of sp³-hybridized carbons (Fsp3) is 0.333. The maximum absolute atomic E-state index is 13.9. The Labute approximate surface area is 215 Å². The molecule has 2 fully saturated rings. The number of anilines is 1. The summed E-state index contributed by atoms with van der Waals surface area (Å²) in [6.45, 7) is 1.73. The van der Waals surface area contributed by atoms with E-state index in [0.29, 0.717) is 18.1 Å². The molecule has 0 radical (unpaired) electrons. The zero-order valence-electron chi connectivity index (χ0n) is 19.8. The van der Waals surface area contributed by atoms with Crippen LogP contribution in [0.5, 0.6) is 0 Å². The molecular formula is C24H23ClFN7O4. The highest BCUT2D eigenvalue weighted by Crippen LogP contribution is 2.25. The molecule has 4 amide bonds. The predicted octanol–water partition coefficient (Wildman–Crippen LogP) is 1.47. The summed E-state index contributed by atoms with van der Waals surface area (Å²) < 4.78 is 15.0. The van der Waals surface area contributed by atoms with Gasteiger partial charge in [-0.3, -0.25) is 23.9 Å². The Morgan fingerprint density at radius 3 is 2.59 bits per heavy atom. The second kappa shape index (κ2) is 9.43. The minimum atomic E-state index is -1.48. The van der Waals surface area contributed by atoms with Gasteiger partial charge in [0.05, 0.1) is 19.3 Å². The molecule has 4 heterocycles. The molecule has 0 spiro atoms. The van der Waals surface area contributed by atoms with Crippen LogP contribution in [-0.2, 0) is 17.9 Å². The molecule has 0 unspecified atom stereocenters. The summed E-state index contributed by atoms with van der Waals surface area (Å²) in [7, 11) is 0. The van der Waals surface area contributed by atoms with Gasteiger partial charge in [-0.1, -0.05) is 23.7 Å². The van der Waals surface area contributed by atoms with Crippen molar-refractivity contribution >= 4 is 46.4 Å². The number of halogens is 2. The van der Waals surface area contributed by atoms with E-state index in [1.165, 1.54) is 29.0 Å². The number of alkyl halides is 1. The van der Waals surface area contributed by atoms with Crippen LogP contribution in [0.1, 0.15) is 22.8 Å². The van der Waals surface area contributed by atoms with Crippen molar-refractivity contribution in [3.63, 3.8) is 0 Å². The first-order valence-corrected chi connectivity index (χ1v) is 11.9. The molecule has 11 nitrogen and oxygen atoms in total. The van der Waals surface area contributed by atoms with E-state index in [1.54, 1.807) is 24.3 Å². The molecule has 3 aromatic rings.